The molecule has 17 heavy (non-hydrogen) atoms. The van der Waals surface area contributed by atoms with Crippen LogP contribution in [0.2, 0.25) is 0 Å². The number of carboxylic acid groups (broad SMARTS) is 1. The van der Waals surface area contributed by atoms with Gasteiger partial charge in [-0.2, -0.15) is 0 Å². The summed E-state index contributed by atoms with van der Waals surface area (Å²) in [6.45, 7) is 2.21. The summed E-state index contributed by atoms with van der Waals surface area (Å²) in [4.78, 5) is 10.3. The number of carboxylic acids is 1. The Balaban J connectivity index is 3.26. The highest BCUT2D eigenvalue weighted by Gasteiger charge is 2.07. The van der Waals surface area contributed by atoms with E-state index < -0.39 is 12.1 Å². The smallest absolute Gasteiger partial charge is 0.305 e. The van der Waals surface area contributed by atoms with Gasteiger partial charge < -0.3 is 10.2 Å². The van der Waals surface area contributed by atoms with Gasteiger partial charge in [-0.1, -0.05) is 38.3 Å². The lowest BCUT2D eigenvalue weighted by atomic mass is 10.1. The molecule has 0 amide bonds. The molecule has 0 bridgehead atoms. The maximum Gasteiger partial charge on any atom is 0.305 e. The minimum absolute atomic E-state index is 0.138. The lowest BCUT2D eigenvalue weighted by Crippen LogP contribution is -2.12. The van der Waals surface area contributed by atoms with Crippen molar-refractivity contribution in [1.29, 1.82) is 0 Å². The van der Waals surface area contributed by atoms with E-state index in [-0.39, 0.29) is 6.42 Å². The Morgan fingerprint density at radius 1 is 1.12 bits per heavy atom. The van der Waals surface area contributed by atoms with Crippen LogP contribution in [0.15, 0.2) is 12.2 Å². The van der Waals surface area contributed by atoms with Crippen LogP contribution in [0.3, 0.4) is 0 Å². The average molecular weight is 242 g/mol. The van der Waals surface area contributed by atoms with E-state index in [9.17, 15) is 9.90 Å². The zero-order chi connectivity index (χ0) is 12.9. The lowest BCUT2D eigenvalue weighted by Gasteiger charge is -2.05. The summed E-state index contributed by atoms with van der Waals surface area (Å²) in [6, 6.07) is 0. The molecule has 0 aromatic rings. The summed E-state index contributed by atoms with van der Waals surface area (Å²) in [6.07, 6.45) is 12.2. The van der Waals surface area contributed by atoms with Crippen molar-refractivity contribution in [3.05, 3.63) is 12.2 Å². The highest BCUT2D eigenvalue weighted by atomic mass is 16.4. The molecule has 0 aliphatic heterocycles. The van der Waals surface area contributed by atoms with Crippen LogP contribution in [-0.2, 0) is 4.79 Å². The van der Waals surface area contributed by atoms with Crippen molar-refractivity contribution in [2.45, 2.75) is 70.8 Å². The Bertz CT molecular complexity index is 212. The van der Waals surface area contributed by atoms with Crippen LogP contribution in [0.25, 0.3) is 0 Å². The van der Waals surface area contributed by atoms with E-state index in [4.69, 9.17) is 5.11 Å². The Hall–Kier alpha value is -0.830. The van der Waals surface area contributed by atoms with E-state index in [2.05, 4.69) is 19.1 Å². The number of allylic oxidation sites excluding steroid dienone is 2. The number of aliphatic carboxylic acids is 1. The normalized spacial score (nSPS) is 13.1. The van der Waals surface area contributed by atoms with Gasteiger partial charge in [0.2, 0.25) is 0 Å². The second-order valence-corrected chi connectivity index (χ2v) is 4.50. The summed E-state index contributed by atoms with van der Waals surface area (Å²) < 4.78 is 0. The molecule has 0 heterocycles. The van der Waals surface area contributed by atoms with E-state index in [0.717, 1.165) is 19.3 Å². The van der Waals surface area contributed by atoms with Gasteiger partial charge in [-0.25, -0.2) is 0 Å². The predicted molar refractivity (Wildman–Crippen MR) is 70.0 cm³/mol. The molecule has 0 saturated carbocycles. The van der Waals surface area contributed by atoms with Crippen molar-refractivity contribution in [2.24, 2.45) is 0 Å². The highest BCUT2D eigenvalue weighted by molar-refractivity contribution is 5.67. The van der Waals surface area contributed by atoms with Crippen molar-refractivity contribution in [3.63, 3.8) is 0 Å². The maximum atomic E-state index is 10.3. The maximum absolute atomic E-state index is 10.3. The minimum Gasteiger partial charge on any atom is -0.481 e. The first kappa shape index (κ1) is 16.2. The highest BCUT2D eigenvalue weighted by Crippen LogP contribution is 2.07. The van der Waals surface area contributed by atoms with Crippen LogP contribution >= 0.6 is 0 Å². The number of hydrogen-bond donors (Lipinski definition) is 2. The third-order valence-corrected chi connectivity index (χ3v) is 2.71. The van der Waals surface area contributed by atoms with E-state index in [1.54, 1.807) is 0 Å². The Morgan fingerprint density at radius 3 is 2.35 bits per heavy atom. The van der Waals surface area contributed by atoms with Gasteiger partial charge in [-0.3, -0.25) is 4.79 Å². The number of unbranched alkanes of at least 4 members (excludes halogenated alkanes) is 5. The average Bonchev–Trinajstić information content (AvgIpc) is 2.26. The molecule has 0 saturated heterocycles. The standard InChI is InChI=1S/C14H26O3/c1-2-3-4-5-6-7-8-9-10-11-13(15)12-14(16)17/h7-8,13,15H,2-6,9-12H2,1H3,(H,16,17)/b8-7-/t13-/m0/s1. The van der Waals surface area contributed by atoms with Crippen molar-refractivity contribution in [3.8, 4) is 0 Å². The fraction of sp³-hybridized carbons (Fsp3) is 0.786. The summed E-state index contributed by atoms with van der Waals surface area (Å²) in [5.74, 6) is -0.927. The Labute approximate surface area is 105 Å². The van der Waals surface area contributed by atoms with Crippen LogP contribution in [0, 0.1) is 0 Å². The molecule has 0 aromatic carbocycles. The van der Waals surface area contributed by atoms with Crippen LogP contribution in [0.4, 0.5) is 0 Å². The third-order valence-electron chi connectivity index (χ3n) is 2.71. The first-order valence-electron chi connectivity index (χ1n) is 6.71. The zero-order valence-electron chi connectivity index (χ0n) is 10.9. The SMILES string of the molecule is CCCCCC/C=C\CCC[C@H](O)CC(=O)O. The first-order chi connectivity index (χ1) is 8.16. The van der Waals surface area contributed by atoms with Gasteiger partial charge in [0.05, 0.1) is 12.5 Å². The summed E-state index contributed by atoms with van der Waals surface area (Å²) in [7, 11) is 0. The molecular weight excluding hydrogens is 216 g/mol. The van der Waals surface area contributed by atoms with Crippen molar-refractivity contribution >= 4 is 5.97 Å². The molecule has 0 aliphatic carbocycles. The number of aliphatic hydroxyl groups excluding tert-OH is 1. The largest absolute Gasteiger partial charge is 0.481 e. The topological polar surface area (TPSA) is 57.5 Å². The van der Waals surface area contributed by atoms with Crippen LogP contribution in [0.1, 0.15) is 64.7 Å². The van der Waals surface area contributed by atoms with Crippen molar-refractivity contribution < 1.29 is 15.0 Å². The molecule has 0 radical (unpaired) electrons. The summed E-state index contributed by atoms with van der Waals surface area (Å²) >= 11 is 0. The van der Waals surface area contributed by atoms with E-state index in [1.165, 1.54) is 25.7 Å². The van der Waals surface area contributed by atoms with E-state index in [0.29, 0.717) is 6.42 Å². The quantitative estimate of drug-likeness (QED) is 0.430. The number of rotatable bonds is 11. The molecule has 0 spiro atoms. The Kier molecular flexibility index (Phi) is 11.1. The molecule has 0 aromatic heterocycles. The van der Waals surface area contributed by atoms with Gasteiger partial charge in [0.15, 0.2) is 0 Å². The van der Waals surface area contributed by atoms with Gasteiger partial charge in [-0.15, -0.1) is 0 Å². The Morgan fingerprint density at radius 2 is 1.76 bits per heavy atom. The predicted octanol–water partition coefficient (Wildman–Crippen LogP) is 3.52. The molecule has 100 valence electrons. The summed E-state index contributed by atoms with van der Waals surface area (Å²) in [5, 5.41) is 17.8. The van der Waals surface area contributed by atoms with E-state index >= 15 is 0 Å². The molecule has 2 N–H and O–H groups in total. The first-order valence-corrected chi connectivity index (χ1v) is 6.71. The third kappa shape index (κ3) is 13.1. The van der Waals surface area contributed by atoms with Crippen LogP contribution in [0.5, 0.6) is 0 Å². The molecule has 3 heteroatoms. The zero-order valence-corrected chi connectivity index (χ0v) is 10.9. The van der Waals surface area contributed by atoms with Crippen molar-refractivity contribution in [1.82, 2.24) is 0 Å². The number of aliphatic hydroxyl groups is 1. The number of hydrogen-bond acceptors (Lipinski definition) is 2. The van der Waals surface area contributed by atoms with Gasteiger partial charge in [0, 0.05) is 0 Å². The summed E-state index contributed by atoms with van der Waals surface area (Å²) in [5.41, 5.74) is 0. The van der Waals surface area contributed by atoms with Crippen LogP contribution in [-0.4, -0.2) is 22.3 Å². The fourth-order valence-electron chi connectivity index (χ4n) is 1.70. The fourth-order valence-corrected chi connectivity index (χ4v) is 1.70. The lowest BCUT2D eigenvalue weighted by molar-refractivity contribution is -0.139. The molecule has 0 rings (SSSR count). The molecule has 3 nitrogen and oxygen atoms in total. The van der Waals surface area contributed by atoms with Gasteiger partial charge >= 0.3 is 5.97 Å². The monoisotopic (exact) mass is 242 g/mol. The number of carbonyl (C=O) groups is 1. The van der Waals surface area contributed by atoms with Crippen molar-refractivity contribution in [2.75, 3.05) is 0 Å². The molecule has 0 unspecified atom stereocenters. The van der Waals surface area contributed by atoms with Gasteiger partial charge in [0.25, 0.3) is 0 Å². The molecule has 0 fully saturated rings. The van der Waals surface area contributed by atoms with E-state index in [1.807, 2.05) is 0 Å². The van der Waals surface area contributed by atoms with Gasteiger partial charge in [-0.05, 0) is 32.1 Å². The second-order valence-electron chi connectivity index (χ2n) is 4.50. The molecule has 1 atom stereocenters. The molecule has 0 aliphatic rings. The second kappa shape index (κ2) is 11.6. The van der Waals surface area contributed by atoms with Crippen LogP contribution < -0.4 is 0 Å². The minimum atomic E-state index is -0.927. The molecular formula is C14H26O3. The van der Waals surface area contributed by atoms with Gasteiger partial charge in [0.1, 0.15) is 0 Å².